The molecule has 2 aromatic heterocycles. The van der Waals surface area contributed by atoms with Gasteiger partial charge in [-0.05, 0) is 58.5 Å². The maximum atomic E-state index is 12.3. The number of anilines is 1. The van der Waals surface area contributed by atoms with E-state index in [1.807, 2.05) is 30.8 Å². The zero-order valence-electron chi connectivity index (χ0n) is 13.9. The van der Waals surface area contributed by atoms with Gasteiger partial charge in [0.25, 0.3) is 5.91 Å². The van der Waals surface area contributed by atoms with Gasteiger partial charge >= 0.3 is 0 Å². The number of hydrogen-bond acceptors (Lipinski definition) is 4. The summed E-state index contributed by atoms with van der Waals surface area (Å²) in [6.45, 7) is 6.05. The van der Waals surface area contributed by atoms with E-state index in [4.69, 9.17) is 0 Å². The second-order valence-corrected chi connectivity index (χ2v) is 6.30. The van der Waals surface area contributed by atoms with Crippen LogP contribution in [0.1, 0.15) is 40.6 Å². The fraction of sp³-hybridized carbons (Fsp3) is 0.471. The number of likely N-dealkylation sites (tertiary alicyclic amines) is 1. The van der Waals surface area contributed by atoms with Crippen molar-refractivity contribution in [2.45, 2.75) is 32.7 Å². The summed E-state index contributed by atoms with van der Waals surface area (Å²) in [7, 11) is 2.14. The summed E-state index contributed by atoms with van der Waals surface area (Å²) >= 11 is 0. The van der Waals surface area contributed by atoms with Crippen LogP contribution in [0.15, 0.2) is 24.5 Å². The van der Waals surface area contributed by atoms with Crippen LogP contribution >= 0.6 is 0 Å². The molecule has 3 rings (SSSR count). The van der Waals surface area contributed by atoms with Gasteiger partial charge in [-0.15, -0.1) is 0 Å². The molecule has 0 radical (unpaired) electrons. The highest BCUT2D eigenvalue weighted by Gasteiger charge is 2.19. The summed E-state index contributed by atoms with van der Waals surface area (Å²) in [6, 6.07) is 4.08. The van der Waals surface area contributed by atoms with Gasteiger partial charge in [-0.3, -0.25) is 9.48 Å². The van der Waals surface area contributed by atoms with E-state index in [2.05, 4.69) is 27.3 Å². The van der Waals surface area contributed by atoms with E-state index in [0.717, 1.165) is 37.2 Å². The molecule has 0 spiro atoms. The summed E-state index contributed by atoms with van der Waals surface area (Å²) in [5.41, 5.74) is 3.10. The number of aromatic nitrogens is 3. The largest absolute Gasteiger partial charge is 0.318 e. The number of carbonyl (C=O) groups is 1. The first-order valence-electron chi connectivity index (χ1n) is 8.01. The molecule has 1 aliphatic rings. The van der Waals surface area contributed by atoms with Gasteiger partial charge in [0, 0.05) is 11.9 Å². The molecule has 1 amide bonds. The minimum atomic E-state index is -0.198. The molecule has 3 heterocycles. The molecule has 23 heavy (non-hydrogen) atoms. The molecular weight excluding hydrogens is 290 g/mol. The Morgan fingerprint density at radius 2 is 2.00 bits per heavy atom. The Labute approximate surface area is 136 Å². The number of amides is 1. The van der Waals surface area contributed by atoms with Crippen molar-refractivity contribution in [1.82, 2.24) is 19.7 Å². The highest BCUT2D eigenvalue weighted by atomic mass is 16.1. The van der Waals surface area contributed by atoms with E-state index >= 15 is 0 Å². The molecule has 1 aliphatic heterocycles. The molecule has 122 valence electrons. The fourth-order valence-corrected chi connectivity index (χ4v) is 2.81. The third-order valence-corrected chi connectivity index (χ3v) is 4.50. The van der Waals surface area contributed by atoms with Crippen molar-refractivity contribution in [1.29, 1.82) is 0 Å². The summed E-state index contributed by atoms with van der Waals surface area (Å²) in [5.74, 6) is -0.198. The highest BCUT2D eigenvalue weighted by Crippen LogP contribution is 2.22. The Balaban J connectivity index is 1.66. The van der Waals surface area contributed by atoms with Crippen molar-refractivity contribution in [2.24, 2.45) is 0 Å². The van der Waals surface area contributed by atoms with Crippen molar-refractivity contribution >= 4 is 11.6 Å². The van der Waals surface area contributed by atoms with Crippen LogP contribution in [0.5, 0.6) is 0 Å². The zero-order valence-corrected chi connectivity index (χ0v) is 13.9. The number of aryl methyl sites for hydroxylation is 2. The van der Waals surface area contributed by atoms with Crippen LogP contribution in [0.3, 0.4) is 0 Å². The van der Waals surface area contributed by atoms with Crippen molar-refractivity contribution in [3.63, 3.8) is 0 Å². The lowest BCUT2D eigenvalue weighted by Gasteiger charge is -2.28. The van der Waals surface area contributed by atoms with Crippen LogP contribution in [0, 0.1) is 13.8 Å². The summed E-state index contributed by atoms with van der Waals surface area (Å²) in [6.07, 6.45) is 5.79. The second-order valence-electron chi connectivity index (χ2n) is 6.30. The summed E-state index contributed by atoms with van der Waals surface area (Å²) < 4.78 is 1.97. The molecule has 0 aromatic carbocycles. The molecule has 6 nitrogen and oxygen atoms in total. The number of nitrogens with one attached hydrogen (secondary N) is 1. The Morgan fingerprint density at radius 3 is 2.70 bits per heavy atom. The Hall–Kier alpha value is -2.21. The molecule has 1 N–H and O–H groups in total. The van der Waals surface area contributed by atoms with Gasteiger partial charge < -0.3 is 10.2 Å². The van der Waals surface area contributed by atoms with E-state index in [-0.39, 0.29) is 5.91 Å². The first kappa shape index (κ1) is 15.7. The minimum Gasteiger partial charge on any atom is -0.318 e. The molecule has 0 aliphatic carbocycles. The summed E-state index contributed by atoms with van der Waals surface area (Å²) in [5, 5.41) is 7.28. The lowest BCUT2D eigenvalue weighted by atomic mass is 10.1. The number of pyridine rings is 1. The molecule has 2 aromatic rings. The van der Waals surface area contributed by atoms with Gasteiger partial charge in [-0.25, -0.2) is 4.98 Å². The molecule has 0 atom stereocenters. The van der Waals surface area contributed by atoms with Crippen LogP contribution in [0.2, 0.25) is 0 Å². The average Bonchev–Trinajstić information content (AvgIpc) is 2.99. The normalized spacial score (nSPS) is 16.5. The maximum Gasteiger partial charge on any atom is 0.274 e. The van der Waals surface area contributed by atoms with Crippen molar-refractivity contribution in [2.75, 3.05) is 25.5 Å². The first-order valence-corrected chi connectivity index (χ1v) is 8.01. The van der Waals surface area contributed by atoms with Crippen molar-refractivity contribution in [3.8, 4) is 0 Å². The SMILES string of the molecule is Cc1ccc(C(=O)Nc2cnn(C3CCN(C)CC3)c2)nc1C. The molecule has 1 saturated heterocycles. The van der Waals surface area contributed by atoms with E-state index in [1.54, 1.807) is 12.3 Å². The third kappa shape index (κ3) is 3.59. The van der Waals surface area contributed by atoms with Gasteiger partial charge in [0.05, 0.1) is 17.9 Å². The lowest BCUT2D eigenvalue weighted by Crippen LogP contribution is -2.31. The van der Waals surface area contributed by atoms with Gasteiger partial charge in [-0.1, -0.05) is 6.07 Å². The van der Waals surface area contributed by atoms with Crippen molar-refractivity contribution < 1.29 is 4.79 Å². The number of nitrogens with zero attached hydrogens (tertiary/aromatic N) is 4. The number of hydrogen-bond donors (Lipinski definition) is 1. The molecule has 0 unspecified atom stereocenters. The molecule has 0 saturated carbocycles. The van der Waals surface area contributed by atoms with E-state index in [0.29, 0.717) is 17.4 Å². The van der Waals surface area contributed by atoms with Gasteiger partial charge in [0.15, 0.2) is 0 Å². The van der Waals surface area contributed by atoms with Crippen LogP contribution < -0.4 is 5.32 Å². The molecular formula is C17H23N5O. The smallest absolute Gasteiger partial charge is 0.274 e. The van der Waals surface area contributed by atoms with E-state index in [1.165, 1.54) is 0 Å². The second kappa shape index (κ2) is 6.50. The molecule has 6 heteroatoms. The highest BCUT2D eigenvalue weighted by molar-refractivity contribution is 6.02. The van der Waals surface area contributed by atoms with Crippen LogP contribution in [0.4, 0.5) is 5.69 Å². The van der Waals surface area contributed by atoms with Crippen LogP contribution in [-0.4, -0.2) is 45.7 Å². The van der Waals surface area contributed by atoms with Gasteiger partial charge in [0.2, 0.25) is 0 Å². The Bertz CT molecular complexity index is 701. The monoisotopic (exact) mass is 313 g/mol. The number of piperidine rings is 1. The standard InChI is InChI=1S/C17H23N5O/c1-12-4-5-16(19-13(12)2)17(23)20-14-10-18-22(11-14)15-6-8-21(3)9-7-15/h4-5,10-11,15H,6-9H2,1-3H3,(H,20,23). The first-order chi connectivity index (χ1) is 11.0. The third-order valence-electron chi connectivity index (χ3n) is 4.50. The van der Waals surface area contributed by atoms with Gasteiger partial charge in [0.1, 0.15) is 5.69 Å². The predicted octanol–water partition coefficient (Wildman–Crippen LogP) is 2.41. The molecule has 0 bridgehead atoms. The summed E-state index contributed by atoms with van der Waals surface area (Å²) in [4.78, 5) is 18.9. The Kier molecular flexibility index (Phi) is 4.43. The Morgan fingerprint density at radius 1 is 1.26 bits per heavy atom. The topological polar surface area (TPSA) is 63.1 Å². The van der Waals surface area contributed by atoms with Crippen LogP contribution in [-0.2, 0) is 0 Å². The van der Waals surface area contributed by atoms with E-state index in [9.17, 15) is 4.79 Å². The minimum absolute atomic E-state index is 0.198. The lowest BCUT2D eigenvalue weighted by molar-refractivity contribution is 0.102. The fourth-order valence-electron chi connectivity index (χ4n) is 2.81. The predicted molar refractivity (Wildman–Crippen MR) is 89.7 cm³/mol. The average molecular weight is 313 g/mol. The number of rotatable bonds is 3. The molecule has 1 fully saturated rings. The van der Waals surface area contributed by atoms with Crippen molar-refractivity contribution in [3.05, 3.63) is 41.5 Å². The number of carbonyl (C=O) groups excluding carboxylic acids is 1. The van der Waals surface area contributed by atoms with Crippen LogP contribution in [0.25, 0.3) is 0 Å². The zero-order chi connectivity index (χ0) is 16.4. The van der Waals surface area contributed by atoms with E-state index < -0.39 is 0 Å². The van der Waals surface area contributed by atoms with Gasteiger partial charge in [-0.2, -0.15) is 5.10 Å². The quantitative estimate of drug-likeness (QED) is 0.945. The maximum absolute atomic E-state index is 12.3.